The lowest BCUT2D eigenvalue weighted by atomic mass is 9.72. The molecule has 1 saturated carbocycles. The van der Waals surface area contributed by atoms with E-state index in [0.29, 0.717) is 37.0 Å². The smallest absolute Gasteiger partial charge is 0.260 e. The van der Waals surface area contributed by atoms with Gasteiger partial charge >= 0.3 is 0 Å². The van der Waals surface area contributed by atoms with E-state index < -0.39 is 5.41 Å². The van der Waals surface area contributed by atoms with Gasteiger partial charge in [0, 0.05) is 18.4 Å². The molecule has 5 nitrogen and oxygen atoms in total. The monoisotopic (exact) mass is 315 g/mol. The van der Waals surface area contributed by atoms with Gasteiger partial charge in [-0.05, 0) is 43.5 Å². The minimum atomic E-state index is -0.532. The molecule has 2 amide bonds. The minimum Gasteiger partial charge on any atom is -0.497 e. The maximum atomic E-state index is 12.9. The molecule has 23 heavy (non-hydrogen) atoms. The van der Waals surface area contributed by atoms with E-state index in [0.717, 1.165) is 0 Å². The van der Waals surface area contributed by atoms with Crippen molar-refractivity contribution in [1.29, 1.82) is 0 Å². The van der Waals surface area contributed by atoms with Crippen LogP contribution in [0.15, 0.2) is 24.3 Å². The molecule has 5 heteroatoms. The van der Waals surface area contributed by atoms with Crippen molar-refractivity contribution in [3.8, 4) is 5.75 Å². The average Bonchev–Trinajstić information content (AvgIpc) is 2.91. The number of benzene rings is 1. The second-order valence-electron chi connectivity index (χ2n) is 6.28. The molecule has 2 fully saturated rings. The van der Waals surface area contributed by atoms with Crippen molar-refractivity contribution in [1.82, 2.24) is 4.90 Å². The molecule has 0 radical (unpaired) electrons. The Labute approximate surface area is 135 Å². The fourth-order valence-electron chi connectivity index (χ4n) is 4.02. The number of nitrogens with zero attached hydrogens (tertiary/aromatic N) is 1. The van der Waals surface area contributed by atoms with Crippen molar-refractivity contribution < 1.29 is 19.1 Å². The first kappa shape index (κ1) is 15.7. The van der Waals surface area contributed by atoms with Crippen molar-refractivity contribution in [2.45, 2.75) is 45.1 Å². The Hall–Kier alpha value is -2.17. The highest BCUT2D eigenvalue weighted by Gasteiger charge is 2.56. The molecule has 0 N–H and O–H groups in total. The van der Waals surface area contributed by atoms with Gasteiger partial charge in [-0.2, -0.15) is 0 Å². The number of amides is 2. The van der Waals surface area contributed by atoms with Crippen LogP contribution in [0.3, 0.4) is 0 Å². The first-order chi connectivity index (χ1) is 11.0. The molecule has 2 unspecified atom stereocenters. The zero-order valence-corrected chi connectivity index (χ0v) is 13.5. The van der Waals surface area contributed by atoms with Gasteiger partial charge in [-0.1, -0.05) is 6.92 Å². The Morgan fingerprint density at radius 2 is 1.96 bits per heavy atom. The molecule has 0 spiro atoms. The van der Waals surface area contributed by atoms with Crippen molar-refractivity contribution >= 4 is 17.6 Å². The number of hydrogen-bond acceptors (Lipinski definition) is 4. The average molecular weight is 315 g/mol. The number of hydrogen-bond donors (Lipinski definition) is 0. The SMILES string of the molecule is CCC12CCC(=O)N(C(=O)c3ccc(OC)cc3)C1CCC2=O. The summed E-state index contributed by atoms with van der Waals surface area (Å²) in [6.45, 7) is 1.97. The maximum absolute atomic E-state index is 12.9. The standard InChI is InChI=1S/C18H21NO4/c1-3-18-11-10-16(21)19(14(18)8-9-15(18)20)17(22)12-4-6-13(23-2)7-5-12/h4-7,14H,3,8-11H2,1-2H3. The fourth-order valence-corrected chi connectivity index (χ4v) is 4.02. The van der Waals surface area contributed by atoms with E-state index in [1.807, 2.05) is 6.92 Å². The number of ether oxygens (including phenoxy) is 1. The summed E-state index contributed by atoms with van der Waals surface area (Å²) in [6, 6.07) is 6.43. The van der Waals surface area contributed by atoms with Crippen LogP contribution < -0.4 is 4.74 Å². The van der Waals surface area contributed by atoms with Gasteiger partial charge in [-0.25, -0.2) is 0 Å². The minimum absolute atomic E-state index is 0.172. The van der Waals surface area contributed by atoms with Crippen LogP contribution in [0.2, 0.25) is 0 Å². The zero-order chi connectivity index (χ0) is 16.6. The molecule has 122 valence electrons. The molecule has 3 rings (SSSR count). The van der Waals surface area contributed by atoms with Crippen LogP contribution in [0.25, 0.3) is 0 Å². The third kappa shape index (κ3) is 2.35. The Bertz CT molecular complexity index is 651. The summed E-state index contributed by atoms with van der Waals surface area (Å²) in [6.07, 6.45) is 2.55. The number of carbonyl (C=O) groups is 3. The first-order valence-electron chi connectivity index (χ1n) is 8.07. The van der Waals surface area contributed by atoms with Gasteiger partial charge < -0.3 is 4.74 Å². The Balaban J connectivity index is 1.94. The molecule has 1 saturated heterocycles. The number of methoxy groups -OCH3 is 1. The summed E-state index contributed by atoms with van der Waals surface area (Å²) in [5.74, 6) is 0.375. The van der Waals surface area contributed by atoms with E-state index in [-0.39, 0.29) is 30.1 Å². The van der Waals surface area contributed by atoms with Crippen LogP contribution in [0.5, 0.6) is 5.75 Å². The van der Waals surface area contributed by atoms with Gasteiger partial charge in [0.25, 0.3) is 5.91 Å². The van der Waals surface area contributed by atoms with E-state index in [4.69, 9.17) is 4.74 Å². The Kier molecular flexibility index (Phi) is 3.96. The largest absolute Gasteiger partial charge is 0.497 e. The van der Waals surface area contributed by atoms with Crippen LogP contribution in [0.4, 0.5) is 0 Å². The first-order valence-corrected chi connectivity index (χ1v) is 8.07. The second-order valence-corrected chi connectivity index (χ2v) is 6.28. The van der Waals surface area contributed by atoms with E-state index in [9.17, 15) is 14.4 Å². The van der Waals surface area contributed by atoms with Gasteiger partial charge in [-0.3, -0.25) is 19.3 Å². The highest BCUT2D eigenvalue weighted by atomic mass is 16.5. The molecule has 0 bridgehead atoms. The Morgan fingerprint density at radius 3 is 2.57 bits per heavy atom. The summed E-state index contributed by atoms with van der Waals surface area (Å²) < 4.78 is 5.10. The summed E-state index contributed by atoms with van der Waals surface area (Å²) in [4.78, 5) is 39.0. The summed E-state index contributed by atoms with van der Waals surface area (Å²) >= 11 is 0. The van der Waals surface area contributed by atoms with Crippen molar-refractivity contribution in [3.05, 3.63) is 29.8 Å². The number of imide groups is 1. The molecule has 0 aromatic heterocycles. The molecular formula is C18H21NO4. The van der Waals surface area contributed by atoms with Gasteiger partial charge in [-0.15, -0.1) is 0 Å². The Morgan fingerprint density at radius 1 is 1.26 bits per heavy atom. The van der Waals surface area contributed by atoms with Gasteiger partial charge in [0.1, 0.15) is 11.5 Å². The molecule has 2 aliphatic rings. The van der Waals surface area contributed by atoms with Crippen LogP contribution >= 0.6 is 0 Å². The summed E-state index contributed by atoms with van der Waals surface area (Å²) in [5.41, 5.74) is -0.0823. The van der Waals surface area contributed by atoms with Crippen molar-refractivity contribution in [3.63, 3.8) is 0 Å². The molecule has 1 aliphatic carbocycles. The highest BCUT2D eigenvalue weighted by molar-refractivity contribution is 6.07. The van der Waals surface area contributed by atoms with Crippen molar-refractivity contribution in [2.24, 2.45) is 5.41 Å². The predicted octanol–water partition coefficient (Wildman–Crippen LogP) is 2.59. The second kappa shape index (κ2) is 5.80. The van der Waals surface area contributed by atoms with Crippen molar-refractivity contribution in [2.75, 3.05) is 7.11 Å². The third-order valence-electron chi connectivity index (χ3n) is 5.39. The van der Waals surface area contributed by atoms with E-state index >= 15 is 0 Å². The molecule has 2 atom stereocenters. The topological polar surface area (TPSA) is 63.7 Å². The molecule has 1 aromatic carbocycles. The number of fused-ring (bicyclic) bond motifs is 1. The molecule has 1 aromatic rings. The van der Waals surface area contributed by atoms with E-state index in [1.54, 1.807) is 31.4 Å². The number of Topliss-reactive ketones (excluding diaryl/α,β-unsaturated/α-hetero) is 1. The normalized spacial score (nSPS) is 27.0. The fraction of sp³-hybridized carbons (Fsp3) is 0.500. The van der Waals surface area contributed by atoms with Gasteiger partial charge in [0.05, 0.1) is 18.6 Å². The number of ketones is 1. The number of carbonyl (C=O) groups excluding carboxylic acids is 3. The quantitative estimate of drug-likeness (QED) is 0.804. The molecular weight excluding hydrogens is 294 g/mol. The lowest BCUT2D eigenvalue weighted by Gasteiger charge is -2.43. The van der Waals surface area contributed by atoms with E-state index in [1.165, 1.54) is 4.90 Å². The van der Waals surface area contributed by atoms with Crippen LogP contribution in [0.1, 0.15) is 49.4 Å². The van der Waals surface area contributed by atoms with Crippen LogP contribution in [-0.2, 0) is 9.59 Å². The van der Waals surface area contributed by atoms with Crippen LogP contribution in [-0.4, -0.2) is 35.6 Å². The lowest BCUT2D eigenvalue weighted by molar-refractivity contribution is -0.142. The summed E-state index contributed by atoms with van der Waals surface area (Å²) in [5, 5.41) is 0. The maximum Gasteiger partial charge on any atom is 0.260 e. The zero-order valence-electron chi connectivity index (χ0n) is 13.5. The number of piperidine rings is 1. The number of likely N-dealkylation sites (tertiary alicyclic amines) is 1. The highest BCUT2D eigenvalue weighted by Crippen LogP contribution is 2.48. The molecule has 1 aliphatic heterocycles. The third-order valence-corrected chi connectivity index (χ3v) is 5.39. The summed E-state index contributed by atoms with van der Waals surface area (Å²) in [7, 11) is 1.56. The van der Waals surface area contributed by atoms with Gasteiger partial charge in [0.15, 0.2) is 0 Å². The van der Waals surface area contributed by atoms with Gasteiger partial charge in [0.2, 0.25) is 5.91 Å². The molecule has 1 heterocycles. The predicted molar refractivity (Wildman–Crippen MR) is 84.2 cm³/mol. The van der Waals surface area contributed by atoms with E-state index in [2.05, 4.69) is 0 Å². The lowest BCUT2D eigenvalue weighted by Crippen LogP contribution is -2.56. The number of rotatable bonds is 3. The van der Waals surface area contributed by atoms with Crippen LogP contribution in [0, 0.1) is 5.41 Å².